The van der Waals surface area contributed by atoms with Crippen LogP contribution in [0.3, 0.4) is 0 Å². The molecule has 0 aliphatic rings. The monoisotopic (exact) mass is 338 g/mol. The van der Waals surface area contributed by atoms with Crippen molar-refractivity contribution in [3.63, 3.8) is 0 Å². The van der Waals surface area contributed by atoms with E-state index < -0.39 is 18.4 Å². The Kier molecular flexibility index (Phi) is 5.55. The van der Waals surface area contributed by atoms with E-state index in [1.165, 1.54) is 30.3 Å². The molecule has 0 fully saturated rings. The number of hydrogen-bond acceptors (Lipinski definition) is 4. The summed E-state index contributed by atoms with van der Waals surface area (Å²) in [6, 6.07) is 10.7. The van der Waals surface area contributed by atoms with Crippen molar-refractivity contribution in [3.05, 3.63) is 69.2 Å². The van der Waals surface area contributed by atoms with E-state index >= 15 is 0 Å². The molecule has 0 bridgehead atoms. The highest BCUT2D eigenvalue weighted by Gasteiger charge is 2.14. The molecule has 0 amide bonds. The Balaban J connectivity index is 1.99. The minimum absolute atomic E-state index is 0.108. The van der Waals surface area contributed by atoms with Gasteiger partial charge < -0.3 is 9.84 Å². The highest BCUT2D eigenvalue weighted by molar-refractivity contribution is 6.36. The molecule has 22 heavy (non-hydrogen) atoms. The summed E-state index contributed by atoms with van der Waals surface area (Å²) in [5.74, 6) is -1.04. The highest BCUT2D eigenvalue weighted by atomic mass is 35.5. The van der Waals surface area contributed by atoms with E-state index in [1.807, 2.05) is 0 Å². The maximum atomic E-state index is 12.0. The Morgan fingerprint density at radius 3 is 2.32 bits per heavy atom. The van der Waals surface area contributed by atoms with Crippen molar-refractivity contribution in [1.82, 2.24) is 0 Å². The van der Waals surface area contributed by atoms with Crippen molar-refractivity contribution in [3.8, 4) is 0 Å². The molecule has 2 rings (SSSR count). The van der Waals surface area contributed by atoms with Crippen LogP contribution in [0.1, 0.15) is 26.3 Å². The van der Waals surface area contributed by atoms with Crippen LogP contribution in [0.4, 0.5) is 0 Å². The zero-order valence-electron chi connectivity index (χ0n) is 11.4. The average Bonchev–Trinajstić information content (AvgIpc) is 2.52. The van der Waals surface area contributed by atoms with Gasteiger partial charge in [-0.25, -0.2) is 4.79 Å². The van der Waals surface area contributed by atoms with Crippen LogP contribution in [0.5, 0.6) is 0 Å². The normalized spacial score (nSPS) is 10.3. The largest absolute Gasteiger partial charge is 0.454 e. The molecule has 0 aromatic heterocycles. The molecule has 0 saturated heterocycles. The molecule has 2 aromatic carbocycles. The fourth-order valence-electron chi connectivity index (χ4n) is 1.75. The number of carbonyl (C=O) groups is 2. The van der Waals surface area contributed by atoms with Crippen LogP contribution in [0.15, 0.2) is 42.5 Å². The third-order valence-corrected chi connectivity index (χ3v) is 3.49. The number of benzene rings is 2. The van der Waals surface area contributed by atoms with Crippen molar-refractivity contribution in [2.75, 3.05) is 6.61 Å². The molecule has 0 heterocycles. The summed E-state index contributed by atoms with van der Waals surface area (Å²) in [5, 5.41) is 9.56. The summed E-state index contributed by atoms with van der Waals surface area (Å²) in [7, 11) is 0. The average molecular weight is 339 g/mol. The van der Waals surface area contributed by atoms with E-state index in [1.54, 1.807) is 12.1 Å². The summed E-state index contributed by atoms with van der Waals surface area (Å²) >= 11 is 11.7. The number of aliphatic hydroxyl groups excluding tert-OH is 1. The van der Waals surface area contributed by atoms with Gasteiger partial charge in [0.25, 0.3) is 0 Å². The topological polar surface area (TPSA) is 63.6 Å². The lowest BCUT2D eigenvalue weighted by Crippen LogP contribution is -2.14. The van der Waals surface area contributed by atoms with Crippen molar-refractivity contribution < 1.29 is 19.4 Å². The van der Waals surface area contributed by atoms with E-state index in [4.69, 9.17) is 33.0 Å². The van der Waals surface area contributed by atoms with Crippen LogP contribution in [0, 0.1) is 0 Å². The van der Waals surface area contributed by atoms with Crippen LogP contribution >= 0.6 is 23.2 Å². The van der Waals surface area contributed by atoms with Crippen LogP contribution in [-0.2, 0) is 11.3 Å². The summed E-state index contributed by atoms with van der Waals surface area (Å²) in [4.78, 5) is 23.8. The molecule has 0 saturated carbocycles. The summed E-state index contributed by atoms with van der Waals surface area (Å²) in [6.45, 7) is -0.523. The fourth-order valence-corrected chi connectivity index (χ4v) is 2.27. The number of ether oxygens (including phenoxy) is 1. The SMILES string of the molecule is O=C(OCC(=O)c1ccc(Cl)cc1Cl)c1ccc(CO)cc1. The van der Waals surface area contributed by atoms with Crippen molar-refractivity contribution in [2.24, 2.45) is 0 Å². The molecular weight excluding hydrogens is 327 g/mol. The molecule has 4 nitrogen and oxygen atoms in total. The van der Waals surface area contributed by atoms with Gasteiger partial charge in [-0.2, -0.15) is 0 Å². The fraction of sp³-hybridized carbons (Fsp3) is 0.125. The van der Waals surface area contributed by atoms with Crippen molar-refractivity contribution in [2.45, 2.75) is 6.61 Å². The molecule has 0 aliphatic heterocycles. The first-order valence-corrected chi connectivity index (χ1v) is 7.12. The van der Waals surface area contributed by atoms with Gasteiger partial charge in [0.1, 0.15) is 0 Å². The maximum absolute atomic E-state index is 12.0. The maximum Gasteiger partial charge on any atom is 0.338 e. The standard InChI is InChI=1S/C16H12Cl2O4/c17-12-5-6-13(14(18)7-12)15(20)9-22-16(21)11-3-1-10(8-19)2-4-11/h1-7,19H,8-9H2. The van der Waals surface area contributed by atoms with E-state index in [9.17, 15) is 9.59 Å². The quantitative estimate of drug-likeness (QED) is 0.669. The molecule has 2 aromatic rings. The van der Waals surface area contributed by atoms with Gasteiger partial charge in [0.05, 0.1) is 17.2 Å². The number of hydrogen-bond donors (Lipinski definition) is 1. The molecule has 0 aliphatic carbocycles. The first kappa shape index (κ1) is 16.5. The first-order valence-electron chi connectivity index (χ1n) is 6.36. The van der Waals surface area contributed by atoms with Crippen molar-refractivity contribution in [1.29, 1.82) is 0 Å². The minimum atomic E-state index is -0.622. The number of esters is 1. The lowest BCUT2D eigenvalue weighted by atomic mass is 10.1. The lowest BCUT2D eigenvalue weighted by Gasteiger charge is -2.06. The van der Waals surface area contributed by atoms with Gasteiger partial charge in [-0.15, -0.1) is 0 Å². The smallest absolute Gasteiger partial charge is 0.338 e. The van der Waals surface area contributed by atoms with Crippen LogP contribution in [0.25, 0.3) is 0 Å². The van der Waals surface area contributed by atoms with E-state index in [-0.39, 0.29) is 17.2 Å². The van der Waals surface area contributed by atoms with E-state index in [2.05, 4.69) is 0 Å². The Morgan fingerprint density at radius 1 is 1.05 bits per heavy atom. The predicted molar refractivity (Wildman–Crippen MR) is 83.4 cm³/mol. The number of Topliss-reactive ketones (excluding diaryl/α,β-unsaturated/α-hetero) is 1. The Labute approximate surface area is 137 Å². The van der Waals surface area contributed by atoms with Gasteiger partial charge in [-0.1, -0.05) is 35.3 Å². The second-order valence-electron chi connectivity index (χ2n) is 4.48. The Morgan fingerprint density at radius 2 is 1.73 bits per heavy atom. The summed E-state index contributed by atoms with van der Waals surface area (Å²) in [5.41, 5.74) is 1.22. The molecule has 114 valence electrons. The Bertz CT molecular complexity index is 696. The minimum Gasteiger partial charge on any atom is -0.454 e. The number of halogens is 2. The van der Waals surface area contributed by atoms with Crippen molar-refractivity contribution >= 4 is 35.0 Å². The number of aliphatic hydroxyl groups is 1. The zero-order chi connectivity index (χ0) is 16.1. The van der Waals surface area contributed by atoms with E-state index in [0.717, 1.165) is 0 Å². The third-order valence-electron chi connectivity index (χ3n) is 2.94. The van der Waals surface area contributed by atoms with E-state index in [0.29, 0.717) is 16.1 Å². The second-order valence-corrected chi connectivity index (χ2v) is 5.32. The number of rotatable bonds is 5. The number of carbonyl (C=O) groups excluding carboxylic acids is 2. The molecule has 0 spiro atoms. The molecule has 0 radical (unpaired) electrons. The molecule has 0 atom stereocenters. The molecular formula is C16H12Cl2O4. The van der Waals surface area contributed by atoms with Gasteiger partial charge >= 0.3 is 5.97 Å². The van der Waals surface area contributed by atoms with Gasteiger partial charge in [0.15, 0.2) is 6.61 Å². The second kappa shape index (κ2) is 7.40. The van der Waals surface area contributed by atoms with Crippen LogP contribution in [-0.4, -0.2) is 23.5 Å². The highest BCUT2D eigenvalue weighted by Crippen LogP contribution is 2.21. The van der Waals surface area contributed by atoms with Gasteiger partial charge in [0, 0.05) is 10.6 Å². The summed E-state index contributed by atoms with van der Waals surface area (Å²) in [6.07, 6.45) is 0. The first-order chi connectivity index (χ1) is 10.5. The number of ketones is 1. The molecule has 1 N–H and O–H groups in total. The molecule has 6 heteroatoms. The zero-order valence-corrected chi connectivity index (χ0v) is 12.9. The predicted octanol–water partition coefficient (Wildman–Crippen LogP) is 3.53. The van der Waals surface area contributed by atoms with Gasteiger partial charge in [-0.3, -0.25) is 4.79 Å². The molecule has 0 unspecified atom stereocenters. The van der Waals surface area contributed by atoms with Crippen LogP contribution < -0.4 is 0 Å². The Hall–Kier alpha value is -1.88. The summed E-state index contributed by atoms with van der Waals surface area (Å²) < 4.78 is 4.96. The van der Waals surface area contributed by atoms with Gasteiger partial charge in [0.2, 0.25) is 5.78 Å². The lowest BCUT2D eigenvalue weighted by molar-refractivity contribution is 0.0474. The third kappa shape index (κ3) is 4.07. The van der Waals surface area contributed by atoms with Gasteiger partial charge in [-0.05, 0) is 35.9 Å². The van der Waals surface area contributed by atoms with Crippen LogP contribution in [0.2, 0.25) is 10.0 Å².